The molecule has 0 unspecified atom stereocenters. The van der Waals surface area contributed by atoms with Gasteiger partial charge in [0.15, 0.2) is 0 Å². The zero-order valence-corrected chi connectivity index (χ0v) is 18.0. The summed E-state index contributed by atoms with van der Waals surface area (Å²) in [6, 6.07) is 21.2. The summed E-state index contributed by atoms with van der Waals surface area (Å²) in [5.74, 6) is -0.0495. The first-order chi connectivity index (χ1) is 15.4. The van der Waals surface area contributed by atoms with Crippen molar-refractivity contribution < 1.29 is 14.4 Å². The lowest BCUT2D eigenvalue weighted by molar-refractivity contribution is -0.117. The topological polar surface area (TPSA) is 87.3 Å². The normalized spacial score (nSPS) is 16.7. The summed E-state index contributed by atoms with van der Waals surface area (Å²) in [4.78, 5) is 37.4. The van der Waals surface area contributed by atoms with Gasteiger partial charge in [0.05, 0.1) is 0 Å². The van der Waals surface area contributed by atoms with Crippen molar-refractivity contribution in [3.8, 4) is 0 Å². The standard InChI is InChI=1S/C26H25N3O3/c1-16-11-12-21(27-24(30)18-7-4-3-5-8-18)15-23(16)29-25(31)19-9-6-10-20(14-19)28-26(32)22-13-17(22)2/h3-12,14-15,17,22H,13H2,1-2H3,(H,27,30)(H,28,32)(H,29,31)/t17-,22-/m0/s1. The first-order valence-corrected chi connectivity index (χ1v) is 10.6. The van der Waals surface area contributed by atoms with Crippen LogP contribution in [0, 0.1) is 18.8 Å². The Kier molecular flexibility index (Phi) is 6.03. The van der Waals surface area contributed by atoms with Crippen molar-refractivity contribution >= 4 is 34.8 Å². The molecular formula is C26H25N3O3. The van der Waals surface area contributed by atoms with Crippen molar-refractivity contribution in [2.75, 3.05) is 16.0 Å². The molecule has 1 saturated carbocycles. The number of aryl methyl sites for hydroxylation is 1. The number of amides is 3. The van der Waals surface area contributed by atoms with Crippen LogP contribution in [0.1, 0.15) is 39.6 Å². The van der Waals surface area contributed by atoms with Crippen LogP contribution in [0.3, 0.4) is 0 Å². The largest absolute Gasteiger partial charge is 0.326 e. The zero-order chi connectivity index (χ0) is 22.7. The number of anilines is 3. The molecule has 1 aliphatic carbocycles. The van der Waals surface area contributed by atoms with E-state index in [2.05, 4.69) is 16.0 Å². The molecule has 3 amide bonds. The molecule has 162 valence electrons. The summed E-state index contributed by atoms with van der Waals surface area (Å²) in [5.41, 5.74) is 3.63. The highest BCUT2D eigenvalue weighted by molar-refractivity contribution is 6.07. The van der Waals surface area contributed by atoms with Crippen molar-refractivity contribution in [3.63, 3.8) is 0 Å². The molecule has 0 radical (unpaired) electrons. The Bertz CT molecular complexity index is 1170. The fraction of sp³-hybridized carbons (Fsp3) is 0.192. The van der Waals surface area contributed by atoms with Gasteiger partial charge in [-0.15, -0.1) is 0 Å². The van der Waals surface area contributed by atoms with Crippen LogP contribution in [0.4, 0.5) is 17.1 Å². The zero-order valence-electron chi connectivity index (χ0n) is 18.0. The van der Waals surface area contributed by atoms with Crippen molar-refractivity contribution in [1.82, 2.24) is 0 Å². The lowest BCUT2D eigenvalue weighted by atomic mass is 10.1. The van der Waals surface area contributed by atoms with E-state index in [1.165, 1.54) is 0 Å². The smallest absolute Gasteiger partial charge is 0.255 e. The molecule has 0 saturated heterocycles. The highest BCUT2D eigenvalue weighted by Gasteiger charge is 2.39. The predicted octanol–water partition coefficient (Wildman–Crippen LogP) is 5.09. The summed E-state index contributed by atoms with van der Waals surface area (Å²) in [5, 5.41) is 8.64. The summed E-state index contributed by atoms with van der Waals surface area (Å²) in [6.07, 6.45) is 0.905. The van der Waals surface area contributed by atoms with Gasteiger partial charge < -0.3 is 16.0 Å². The molecule has 0 aromatic heterocycles. The third kappa shape index (κ3) is 5.03. The van der Waals surface area contributed by atoms with Crippen LogP contribution in [0.2, 0.25) is 0 Å². The quantitative estimate of drug-likeness (QED) is 0.512. The maximum atomic E-state index is 12.8. The van der Waals surface area contributed by atoms with Crippen LogP contribution in [0.25, 0.3) is 0 Å². The highest BCUT2D eigenvalue weighted by atomic mass is 16.2. The first kappa shape index (κ1) is 21.3. The van der Waals surface area contributed by atoms with E-state index >= 15 is 0 Å². The molecule has 1 aliphatic rings. The van der Waals surface area contributed by atoms with Gasteiger partial charge in [-0.05, 0) is 67.3 Å². The number of carbonyl (C=O) groups excluding carboxylic acids is 3. The summed E-state index contributed by atoms with van der Waals surface area (Å²) in [7, 11) is 0. The van der Waals surface area contributed by atoms with Gasteiger partial charge in [0.25, 0.3) is 11.8 Å². The van der Waals surface area contributed by atoms with Gasteiger partial charge in [-0.1, -0.05) is 37.3 Å². The minimum Gasteiger partial charge on any atom is -0.326 e. The van der Waals surface area contributed by atoms with E-state index in [0.717, 1.165) is 12.0 Å². The van der Waals surface area contributed by atoms with E-state index in [-0.39, 0.29) is 23.6 Å². The maximum absolute atomic E-state index is 12.8. The third-order valence-corrected chi connectivity index (χ3v) is 5.62. The number of hydrogen-bond acceptors (Lipinski definition) is 3. The molecule has 3 aromatic rings. The average Bonchev–Trinajstić information content (AvgIpc) is 3.53. The molecule has 6 nitrogen and oxygen atoms in total. The Balaban J connectivity index is 1.45. The van der Waals surface area contributed by atoms with Crippen molar-refractivity contribution in [2.24, 2.45) is 11.8 Å². The Morgan fingerprint density at radius 3 is 2.12 bits per heavy atom. The Labute approximate surface area is 187 Å². The lowest BCUT2D eigenvalue weighted by Gasteiger charge is -2.12. The highest BCUT2D eigenvalue weighted by Crippen LogP contribution is 2.38. The molecule has 32 heavy (non-hydrogen) atoms. The van der Waals surface area contributed by atoms with Gasteiger partial charge in [0, 0.05) is 34.1 Å². The van der Waals surface area contributed by atoms with Gasteiger partial charge in [0.2, 0.25) is 5.91 Å². The summed E-state index contributed by atoms with van der Waals surface area (Å²) in [6.45, 7) is 3.93. The molecular weight excluding hydrogens is 402 g/mol. The molecule has 0 bridgehead atoms. The molecule has 3 aromatic carbocycles. The minimum absolute atomic E-state index is 0.00670. The average molecular weight is 428 g/mol. The molecule has 6 heteroatoms. The number of benzene rings is 3. The number of rotatable bonds is 6. The molecule has 2 atom stereocenters. The SMILES string of the molecule is Cc1ccc(NC(=O)c2ccccc2)cc1NC(=O)c1cccc(NC(=O)[C@H]2C[C@@H]2C)c1. The molecule has 0 heterocycles. The van der Waals surface area contributed by atoms with E-state index in [1.54, 1.807) is 60.7 Å². The lowest BCUT2D eigenvalue weighted by Crippen LogP contribution is -2.17. The van der Waals surface area contributed by atoms with E-state index in [0.29, 0.717) is 34.1 Å². The summed E-state index contributed by atoms with van der Waals surface area (Å²) < 4.78 is 0. The van der Waals surface area contributed by atoms with Crippen molar-refractivity contribution in [3.05, 3.63) is 89.5 Å². The van der Waals surface area contributed by atoms with Gasteiger partial charge >= 0.3 is 0 Å². The Morgan fingerprint density at radius 1 is 0.750 bits per heavy atom. The van der Waals surface area contributed by atoms with Gasteiger partial charge in [-0.3, -0.25) is 14.4 Å². The van der Waals surface area contributed by atoms with Gasteiger partial charge in [-0.25, -0.2) is 0 Å². The predicted molar refractivity (Wildman–Crippen MR) is 126 cm³/mol. The Morgan fingerprint density at radius 2 is 1.41 bits per heavy atom. The van der Waals surface area contributed by atoms with Gasteiger partial charge in [0.1, 0.15) is 0 Å². The van der Waals surface area contributed by atoms with E-state index in [9.17, 15) is 14.4 Å². The van der Waals surface area contributed by atoms with Crippen LogP contribution >= 0.6 is 0 Å². The number of hydrogen-bond donors (Lipinski definition) is 3. The molecule has 3 N–H and O–H groups in total. The maximum Gasteiger partial charge on any atom is 0.255 e. The second-order valence-corrected chi connectivity index (χ2v) is 8.19. The van der Waals surface area contributed by atoms with Crippen LogP contribution < -0.4 is 16.0 Å². The number of carbonyl (C=O) groups is 3. The first-order valence-electron chi connectivity index (χ1n) is 10.6. The molecule has 0 spiro atoms. The number of nitrogens with one attached hydrogen (secondary N) is 3. The van der Waals surface area contributed by atoms with E-state index in [4.69, 9.17) is 0 Å². The molecule has 4 rings (SSSR count). The summed E-state index contributed by atoms with van der Waals surface area (Å²) >= 11 is 0. The van der Waals surface area contributed by atoms with Crippen LogP contribution in [0.15, 0.2) is 72.8 Å². The van der Waals surface area contributed by atoms with Gasteiger partial charge in [-0.2, -0.15) is 0 Å². The third-order valence-electron chi connectivity index (χ3n) is 5.62. The fourth-order valence-corrected chi connectivity index (χ4v) is 3.48. The van der Waals surface area contributed by atoms with Crippen LogP contribution in [-0.4, -0.2) is 17.7 Å². The van der Waals surface area contributed by atoms with E-state index in [1.807, 2.05) is 26.0 Å². The monoisotopic (exact) mass is 427 g/mol. The fourth-order valence-electron chi connectivity index (χ4n) is 3.48. The van der Waals surface area contributed by atoms with Crippen molar-refractivity contribution in [2.45, 2.75) is 20.3 Å². The van der Waals surface area contributed by atoms with Crippen LogP contribution in [-0.2, 0) is 4.79 Å². The Hall–Kier alpha value is -3.93. The van der Waals surface area contributed by atoms with Crippen molar-refractivity contribution in [1.29, 1.82) is 0 Å². The molecule has 0 aliphatic heterocycles. The van der Waals surface area contributed by atoms with E-state index < -0.39 is 0 Å². The molecule has 1 fully saturated rings. The minimum atomic E-state index is -0.296. The van der Waals surface area contributed by atoms with Crippen LogP contribution in [0.5, 0.6) is 0 Å². The second kappa shape index (κ2) is 9.06. The second-order valence-electron chi connectivity index (χ2n) is 8.19.